The van der Waals surface area contributed by atoms with Crippen LogP contribution in [0.3, 0.4) is 0 Å². The third-order valence-corrected chi connectivity index (χ3v) is 4.20. The minimum atomic E-state index is 0.484. The Bertz CT molecular complexity index is 898. The number of nitrogens with one attached hydrogen (secondary N) is 1. The van der Waals surface area contributed by atoms with Crippen molar-refractivity contribution in [2.45, 2.75) is 13.2 Å². The number of halogens is 1. The molecule has 0 aromatic heterocycles. The van der Waals surface area contributed by atoms with Crippen molar-refractivity contribution < 1.29 is 9.47 Å². The molecule has 0 aliphatic heterocycles. The van der Waals surface area contributed by atoms with E-state index in [1.54, 1.807) is 13.3 Å². The average molecular weight is 381 g/mol. The topological polar surface area (TPSA) is 42.8 Å². The van der Waals surface area contributed by atoms with Gasteiger partial charge in [0, 0.05) is 16.1 Å². The normalized spacial score (nSPS) is 10.7. The first kappa shape index (κ1) is 18.8. The van der Waals surface area contributed by atoms with Crippen molar-refractivity contribution in [3.05, 3.63) is 94.5 Å². The second kappa shape index (κ2) is 9.64. The highest BCUT2D eigenvalue weighted by Crippen LogP contribution is 2.22. The fourth-order valence-corrected chi connectivity index (χ4v) is 2.76. The second-order valence-corrected chi connectivity index (χ2v) is 6.30. The Kier molecular flexibility index (Phi) is 6.72. The molecule has 138 valence electrons. The molecule has 0 bridgehead atoms. The molecule has 3 rings (SSSR count). The third kappa shape index (κ3) is 5.50. The zero-order valence-corrected chi connectivity index (χ0v) is 15.8. The van der Waals surface area contributed by atoms with Crippen LogP contribution in [0.15, 0.2) is 77.9 Å². The lowest BCUT2D eigenvalue weighted by Crippen LogP contribution is -2.07. The van der Waals surface area contributed by atoms with Crippen LogP contribution in [0, 0.1) is 0 Å². The summed E-state index contributed by atoms with van der Waals surface area (Å²) in [4.78, 5) is 0. The molecule has 0 heterocycles. The maximum absolute atomic E-state index is 6.13. The van der Waals surface area contributed by atoms with Gasteiger partial charge in [0.15, 0.2) is 0 Å². The van der Waals surface area contributed by atoms with Gasteiger partial charge in [0.2, 0.25) is 0 Å². The Morgan fingerprint density at radius 3 is 2.56 bits per heavy atom. The Labute approximate surface area is 164 Å². The number of hydrogen-bond donors (Lipinski definition) is 1. The van der Waals surface area contributed by atoms with Gasteiger partial charge in [-0.25, -0.2) is 0 Å². The highest BCUT2D eigenvalue weighted by atomic mass is 35.5. The van der Waals surface area contributed by atoms with E-state index in [2.05, 4.69) is 10.5 Å². The Hall–Kier alpha value is -2.98. The lowest BCUT2D eigenvalue weighted by molar-refractivity contribution is 0.306. The SMILES string of the molecule is COc1ccccc1CN/N=C/c1cc(Cl)ccc1OCc1ccccc1. The molecule has 0 atom stereocenters. The minimum absolute atomic E-state index is 0.484. The number of para-hydroxylation sites is 1. The zero-order chi connectivity index (χ0) is 18.9. The van der Waals surface area contributed by atoms with Crippen molar-refractivity contribution in [2.24, 2.45) is 5.10 Å². The maximum atomic E-state index is 6.13. The first-order valence-corrected chi connectivity index (χ1v) is 8.98. The molecule has 0 aliphatic rings. The molecule has 0 unspecified atom stereocenters. The van der Waals surface area contributed by atoms with E-state index in [0.717, 1.165) is 28.2 Å². The first-order valence-electron chi connectivity index (χ1n) is 8.60. The van der Waals surface area contributed by atoms with E-state index < -0.39 is 0 Å². The summed E-state index contributed by atoms with van der Waals surface area (Å²) in [5, 5.41) is 4.93. The fourth-order valence-electron chi connectivity index (χ4n) is 2.58. The van der Waals surface area contributed by atoms with Crippen LogP contribution in [0.4, 0.5) is 0 Å². The molecule has 0 spiro atoms. The van der Waals surface area contributed by atoms with Gasteiger partial charge in [-0.1, -0.05) is 60.1 Å². The van der Waals surface area contributed by atoms with Gasteiger partial charge < -0.3 is 14.9 Å². The monoisotopic (exact) mass is 380 g/mol. The largest absolute Gasteiger partial charge is 0.496 e. The lowest BCUT2D eigenvalue weighted by Gasteiger charge is -2.10. The Balaban J connectivity index is 1.64. The summed E-state index contributed by atoms with van der Waals surface area (Å²) in [6, 6.07) is 23.3. The Morgan fingerprint density at radius 1 is 0.963 bits per heavy atom. The van der Waals surface area contributed by atoms with Crippen molar-refractivity contribution in [2.75, 3.05) is 7.11 Å². The van der Waals surface area contributed by atoms with E-state index in [0.29, 0.717) is 18.2 Å². The van der Waals surface area contributed by atoms with E-state index in [9.17, 15) is 0 Å². The van der Waals surface area contributed by atoms with Crippen molar-refractivity contribution in [1.29, 1.82) is 0 Å². The highest BCUT2D eigenvalue weighted by Gasteiger charge is 2.04. The molecule has 3 aromatic carbocycles. The molecular formula is C22H21ClN2O2. The van der Waals surface area contributed by atoms with Gasteiger partial charge in [-0.3, -0.25) is 0 Å². The van der Waals surface area contributed by atoms with Crippen molar-refractivity contribution in [3.8, 4) is 11.5 Å². The van der Waals surface area contributed by atoms with E-state index in [1.807, 2.05) is 72.8 Å². The van der Waals surface area contributed by atoms with Crippen LogP contribution >= 0.6 is 11.6 Å². The maximum Gasteiger partial charge on any atom is 0.128 e. The molecule has 27 heavy (non-hydrogen) atoms. The van der Waals surface area contributed by atoms with Crippen LogP contribution < -0.4 is 14.9 Å². The third-order valence-electron chi connectivity index (χ3n) is 3.97. The lowest BCUT2D eigenvalue weighted by atomic mass is 10.2. The van der Waals surface area contributed by atoms with Gasteiger partial charge in [0.1, 0.15) is 18.1 Å². The molecule has 1 N–H and O–H groups in total. The second-order valence-electron chi connectivity index (χ2n) is 5.86. The molecule has 0 saturated heterocycles. The molecule has 0 radical (unpaired) electrons. The van der Waals surface area contributed by atoms with E-state index in [1.165, 1.54) is 0 Å². The number of benzene rings is 3. The van der Waals surface area contributed by atoms with Crippen molar-refractivity contribution >= 4 is 17.8 Å². The zero-order valence-electron chi connectivity index (χ0n) is 15.1. The highest BCUT2D eigenvalue weighted by molar-refractivity contribution is 6.30. The summed E-state index contributed by atoms with van der Waals surface area (Å²) in [7, 11) is 1.66. The number of hydrazone groups is 1. The number of ether oxygens (including phenoxy) is 2. The van der Waals surface area contributed by atoms with Gasteiger partial charge >= 0.3 is 0 Å². The predicted molar refractivity (Wildman–Crippen MR) is 110 cm³/mol. The number of nitrogens with zero attached hydrogens (tertiary/aromatic N) is 1. The summed E-state index contributed by atoms with van der Waals surface area (Å²) in [6.45, 7) is 1.04. The molecule has 0 saturated carbocycles. The molecular weight excluding hydrogens is 360 g/mol. The Morgan fingerprint density at radius 2 is 1.74 bits per heavy atom. The van der Waals surface area contributed by atoms with Crippen LogP contribution in [0.25, 0.3) is 0 Å². The predicted octanol–water partition coefficient (Wildman–Crippen LogP) is 5.05. The van der Waals surface area contributed by atoms with Crippen LogP contribution in [-0.4, -0.2) is 13.3 Å². The van der Waals surface area contributed by atoms with Crippen LogP contribution in [0.1, 0.15) is 16.7 Å². The number of methoxy groups -OCH3 is 1. The van der Waals surface area contributed by atoms with Crippen molar-refractivity contribution in [3.63, 3.8) is 0 Å². The van der Waals surface area contributed by atoms with E-state index in [4.69, 9.17) is 21.1 Å². The number of hydrogen-bond acceptors (Lipinski definition) is 4. The smallest absolute Gasteiger partial charge is 0.128 e. The quantitative estimate of drug-likeness (QED) is 0.439. The van der Waals surface area contributed by atoms with E-state index in [-0.39, 0.29) is 0 Å². The summed E-state index contributed by atoms with van der Waals surface area (Å²) >= 11 is 6.13. The molecule has 0 amide bonds. The van der Waals surface area contributed by atoms with Gasteiger partial charge in [-0.05, 0) is 29.8 Å². The number of rotatable bonds is 8. The van der Waals surface area contributed by atoms with Gasteiger partial charge in [-0.15, -0.1) is 0 Å². The summed E-state index contributed by atoms with van der Waals surface area (Å²) in [5.74, 6) is 1.56. The first-order chi connectivity index (χ1) is 13.3. The molecule has 4 nitrogen and oxygen atoms in total. The molecule has 0 aliphatic carbocycles. The van der Waals surface area contributed by atoms with E-state index >= 15 is 0 Å². The van der Waals surface area contributed by atoms with Gasteiger partial charge in [-0.2, -0.15) is 5.10 Å². The average Bonchev–Trinajstić information content (AvgIpc) is 2.71. The van der Waals surface area contributed by atoms with Crippen LogP contribution in [0.2, 0.25) is 5.02 Å². The summed E-state index contributed by atoms with van der Waals surface area (Å²) < 4.78 is 11.3. The fraction of sp³-hybridized carbons (Fsp3) is 0.136. The molecule has 0 fully saturated rings. The molecule has 3 aromatic rings. The standard InChI is InChI=1S/C22H21ClN2O2/c1-26-21-10-6-5-9-18(21)14-24-25-15-19-13-20(23)11-12-22(19)27-16-17-7-3-2-4-8-17/h2-13,15,24H,14,16H2,1H3/b25-15+. The van der Waals surface area contributed by atoms with Gasteiger partial charge in [0.05, 0.1) is 19.9 Å². The van der Waals surface area contributed by atoms with Crippen LogP contribution in [0.5, 0.6) is 11.5 Å². The summed E-state index contributed by atoms with van der Waals surface area (Å²) in [6.07, 6.45) is 1.71. The van der Waals surface area contributed by atoms with Gasteiger partial charge in [0.25, 0.3) is 0 Å². The van der Waals surface area contributed by atoms with Crippen LogP contribution in [-0.2, 0) is 13.2 Å². The summed E-state index contributed by atoms with van der Waals surface area (Å²) in [5.41, 5.74) is 5.98. The minimum Gasteiger partial charge on any atom is -0.496 e. The molecule has 5 heteroatoms. The van der Waals surface area contributed by atoms with Crippen molar-refractivity contribution in [1.82, 2.24) is 5.43 Å².